The fourth-order valence-electron chi connectivity index (χ4n) is 2.03. The minimum absolute atomic E-state index is 0.0174. The van der Waals surface area contributed by atoms with Crippen molar-refractivity contribution < 1.29 is 9.59 Å². The number of hydrogen-bond donors (Lipinski definition) is 1. The zero-order valence-electron chi connectivity index (χ0n) is 11.6. The van der Waals surface area contributed by atoms with E-state index in [9.17, 15) is 9.59 Å². The first kappa shape index (κ1) is 15.3. The molecule has 2 heterocycles. The number of halogens is 1. The fraction of sp³-hybridized carbons (Fsp3) is 0. The number of carbonyl (C=O) groups excluding carboxylic acids is 2. The van der Waals surface area contributed by atoms with Crippen LogP contribution in [0.1, 0.15) is 5.56 Å². The Bertz CT molecular complexity index is 821. The van der Waals surface area contributed by atoms with Crippen LogP contribution in [0.15, 0.2) is 48.6 Å². The molecule has 8 heteroatoms. The van der Waals surface area contributed by atoms with E-state index < -0.39 is 11.8 Å². The topological polar surface area (TPSA) is 75.2 Å². The summed E-state index contributed by atoms with van der Waals surface area (Å²) in [5.41, 5.74) is 0.998. The van der Waals surface area contributed by atoms with Gasteiger partial charge in [-0.1, -0.05) is 11.6 Å². The third-order valence-electron chi connectivity index (χ3n) is 3.08. The van der Waals surface area contributed by atoms with Crippen molar-refractivity contribution in [3.8, 4) is 0 Å². The van der Waals surface area contributed by atoms with Gasteiger partial charge in [-0.2, -0.15) is 0 Å². The summed E-state index contributed by atoms with van der Waals surface area (Å²) in [5.74, 6) is -1.08. The molecule has 0 radical (unpaired) electrons. The van der Waals surface area contributed by atoms with E-state index in [1.165, 1.54) is 29.7 Å². The van der Waals surface area contributed by atoms with Gasteiger partial charge in [0, 0.05) is 23.0 Å². The Morgan fingerprint density at radius 3 is 2.43 bits per heavy atom. The Labute approximate surface area is 141 Å². The minimum atomic E-state index is -0.561. The fourth-order valence-corrected chi connectivity index (χ4v) is 2.44. The number of benzene rings is 1. The summed E-state index contributed by atoms with van der Waals surface area (Å²) in [5, 5.41) is 3.05. The number of aromatic nitrogens is 2. The van der Waals surface area contributed by atoms with Crippen LogP contribution in [0.4, 0.5) is 5.69 Å². The van der Waals surface area contributed by atoms with E-state index in [1.54, 1.807) is 24.3 Å². The Kier molecular flexibility index (Phi) is 4.14. The molecule has 0 spiro atoms. The van der Waals surface area contributed by atoms with Gasteiger partial charge in [0.1, 0.15) is 11.9 Å². The van der Waals surface area contributed by atoms with E-state index in [1.807, 2.05) is 0 Å². The van der Waals surface area contributed by atoms with Crippen molar-refractivity contribution in [2.24, 2.45) is 0 Å². The SMILES string of the molecule is O=C1NC(=S)N(c2ccc(Cl)cc2)C(=O)C1=Cc1cncnc1. The molecule has 0 saturated carbocycles. The Balaban J connectivity index is 2.01. The molecule has 3 rings (SSSR count). The highest BCUT2D eigenvalue weighted by Gasteiger charge is 2.34. The molecule has 0 bridgehead atoms. The first-order valence-corrected chi connectivity index (χ1v) is 7.27. The number of hydrogen-bond acceptors (Lipinski definition) is 5. The lowest BCUT2D eigenvalue weighted by Gasteiger charge is -2.28. The standard InChI is InChI=1S/C15H9ClN4O2S/c16-10-1-3-11(4-2-10)20-14(22)12(13(21)19-15(20)23)5-9-6-17-8-18-7-9/h1-8H,(H,19,21,23). The summed E-state index contributed by atoms with van der Waals surface area (Å²) >= 11 is 11.0. The molecule has 2 amide bonds. The monoisotopic (exact) mass is 344 g/mol. The molecule has 1 saturated heterocycles. The van der Waals surface area contributed by atoms with Gasteiger partial charge in [0.15, 0.2) is 5.11 Å². The van der Waals surface area contributed by atoms with Crippen molar-refractivity contribution in [3.63, 3.8) is 0 Å². The number of carbonyl (C=O) groups is 2. The van der Waals surface area contributed by atoms with Crippen molar-refractivity contribution in [1.82, 2.24) is 15.3 Å². The average molecular weight is 345 g/mol. The molecule has 6 nitrogen and oxygen atoms in total. The number of amides is 2. The van der Waals surface area contributed by atoms with E-state index in [0.29, 0.717) is 16.3 Å². The van der Waals surface area contributed by atoms with Crippen molar-refractivity contribution in [3.05, 3.63) is 59.1 Å². The molecular formula is C15H9ClN4O2S. The second-order valence-electron chi connectivity index (χ2n) is 4.61. The molecule has 1 aromatic heterocycles. The van der Waals surface area contributed by atoms with Crippen LogP contribution in [0, 0.1) is 0 Å². The van der Waals surface area contributed by atoms with Gasteiger partial charge in [-0.3, -0.25) is 19.8 Å². The normalized spacial score (nSPS) is 16.7. The smallest absolute Gasteiger partial charge is 0.270 e. The average Bonchev–Trinajstić information content (AvgIpc) is 2.54. The number of nitrogens with zero attached hydrogens (tertiary/aromatic N) is 3. The van der Waals surface area contributed by atoms with Gasteiger partial charge in [-0.25, -0.2) is 9.97 Å². The highest BCUT2D eigenvalue weighted by atomic mass is 35.5. The molecule has 1 aliphatic rings. The van der Waals surface area contributed by atoms with Crippen molar-refractivity contribution in [2.45, 2.75) is 0 Å². The molecule has 0 aliphatic carbocycles. The summed E-state index contributed by atoms with van der Waals surface area (Å²) in [4.78, 5) is 33.7. The molecule has 2 aromatic rings. The van der Waals surface area contributed by atoms with Gasteiger partial charge >= 0.3 is 0 Å². The van der Waals surface area contributed by atoms with E-state index in [-0.39, 0.29) is 10.7 Å². The summed E-state index contributed by atoms with van der Waals surface area (Å²) in [6.07, 6.45) is 5.78. The number of nitrogens with one attached hydrogen (secondary N) is 1. The van der Waals surface area contributed by atoms with Gasteiger partial charge in [-0.15, -0.1) is 0 Å². The van der Waals surface area contributed by atoms with Gasteiger partial charge in [0.05, 0.1) is 5.69 Å². The second kappa shape index (κ2) is 6.23. The Morgan fingerprint density at radius 2 is 1.78 bits per heavy atom. The zero-order valence-corrected chi connectivity index (χ0v) is 13.1. The van der Waals surface area contributed by atoms with Crippen LogP contribution < -0.4 is 10.2 Å². The molecule has 1 N–H and O–H groups in total. The van der Waals surface area contributed by atoms with E-state index in [2.05, 4.69) is 15.3 Å². The molecule has 1 fully saturated rings. The van der Waals surface area contributed by atoms with Crippen LogP contribution in [-0.4, -0.2) is 26.9 Å². The van der Waals surface area contributed by atoms with E-state index in [0.717, 1.165) is 0 Å². The highest BCUT2D eigenvalue weighted by Crippen LogP contribution is 2.23. The maximum Gasteiger partial charge on any atom is 0.270 e. The predicted octanol–water partition coefficient (Wildman–Crippen LogP) is 1.96. The molecule has 1 aliphatic heterocycles. The number of rotatable bonds is 2. The number of anilines is 1. The van der Waals surface area contributed by atoms with Crippen molar-refractivity contribution >= 4 is 52.5 Å². The third-order valence-corrected chi connectivity index (χ3v) is 3.61. The van der Waals surface area contributed by atoms with E-state index >= 15 is 0 Å². The van der Waals surface area contributed by atoms with Crippen LogP contribution in [-0.2, 0) is 9.59 Å². The van der Waals surface area contributed by atoms with Crippen LogP contribution in [0.3, 0.4) is 0 Å². The molecular weight excluding hydrogens is 336 g/mol. The summed E-state index contributed by atoms with van der Waals surface area (Å²) < 4.78 is 0. The second-order valence-corrected chi connectivity index (χ2v) is 5.43. The van der Waals surface area contributed by atoms with Gasteiger partial charge in [0.2, 0.25) is 0 Å². The predicted molar refractivity (Wildman–Crippen MR) is 89.7 cm³/mol. The molecule has 0 atom stereocenters. The van der Waals surface area contributed by atoms with Gasteiger partial charge in [0.25, 0.3) is 11.8 Å². The minimum Gasteiger partial charge on any atom is -0.298 e. The Hall–Kier alpha value is -2.64. The summed E-state index contributed by atoms with van der Waals surface area (Å²) in [7, 11) is 0. The Morgan fingerprint density at radius 1 is 1.13 bits per heavy atom. The molecule has 23 heavy (non-hydrogen) atoms. The van der Waals surface area contributed by atoms with Crippen LogP contribution in [0.25, 0.3) is 6.08 Å². The first-order valence-electron chi connectivity index (χ1n) is 6.48. The van der Waals surface area contributed by atoms with Gasteiger partial charge < -0.3 is 0 Å². The van der Waals surface area contributed by atoms with Crippen LogP contribution in [0.5, 0.6) is 0 Å². The van der Waals surface area contributed by atoms with Crippen molar-refractivity contribution in [2.75, 3.05) is 4.90 Å². The zero-order chi connectivity index (χ0) is 16.4. The first-order chi connectivity index (χ1) is 11.1. The molecule has 0 unspecified atom stereocenters. The van der Waals surface area contributed by atoms with Crippen LogP contribution >= 0.6 is 23.8 Å². The summed E-state index contributed by atoms with van der Waals surface area (Å²) in [6.45, 7) is 0. The van der Waals surface area contributed by atoms with Crippen LogP contribution in [0.2, 0.25) is 5.02 Å². The quantitative estimate of drug-likeness (QED) is 0.512. The lowest BCUT2D eigenvalue weighted by molar-refractivity contribution is -0.122. The maximum absolute atomic E-state index is 12.7. The van der Waals surface area contributed by atoms with E-state index in [4.69, 9.17) is 23.8 Å². The summed E-state index contributed by atoms with van der Waals surface area (Å²) in [6, 6.07) is 6.57. The largest absolute Gasteiger partial charge is 0.298 e. The molecule has 114 valence electrons. The van der Waals surface area contributed by atoms with Gasteiger partial charge in [-0.05, 0) is 42.6 Å². The number of thiocarbonyl (C=S) groups is 1. The lowest BCUT2D eigenvalue weighted by atomic mass is 10.1. The third kappa shape index (κ3) is 3.10. The lowest BCUT2D eigenvalue weighted by Crippen LogP contribution is -2.54. The molecule has 1 aromatic carbocycles. The highest BCUT2D eigenvalue weighted by molar-refractivity contribution is 7.80. The van der Waals surface area contributed by atoms with Crippen molar-refractivity contribution in [1.29, 1.82) is 0 Å². The maximum atomic E-state index is 12.7.